The van der Waals surface area contributed by atoms with Crippen LogP contribution in [0.15, 0.2) is 36.7 Å². The smallest absolute Gasteiger partial charge is 0.162 e. The van der Waals surface area contributed by atoms with Crippen molar-refractivity contribution in [1.82, 2.24) is 14.9 Å². The lowest BCUT2D eigenvalue weighted by Gasteiger charge is -2.30. The van der Waals surface area contributed by atoms with Gasteiger partial charge in [-0.25, -0.2) is 14.4 Å². The largest absolute Gasteiger partial charge is 0.493 e. The van der Waals surface area contributed by atoms with Crippen molar-refractivity contribution in [2.24, 2.45) is 0 Å². The zero-order valence-electron chi connectivity index (χ0n) is 16.7. The van der Waals surface area contributed by atoms with Crippen LogP contribution in [0.1, 0.15) is 0 Å². The number of anilines is 2. The molecule has 1 saturated heterocycles. The molecule has 2 heterocycles. The van der Waals surface area contributed by atoms with E-state index >= 15 is 0 Å². The Morgan fingerprint density at radius 2 is 2.13 bits per heavy atom. The third kappa shape index (κ3) is 4.56. The summed E-state index contributed by atoms with van der Waals surface area (Å²) in [4.78, 5) is 10.9. The molecule has 4 rings (SSSR count). The van der Waals surface area contributed by atoms with E-state index in [9.17, 15) is 4.39 Å². The monoisotopic (exact) mass is 432 g/mol. The van der Waals surface area contributed by atoms with Crippen molar-refractivity contribution < 1.29 is 18.6 Å². The lowest BCUT2D eigenvalue weighted by atomic mass is 10.2. The summed E-state index contributed by atoms with van der Waals surface area (Å²) in [6, 6.07) is 8.01. The van der Waals surface area contributed by atoms with Gasteiger partial charge in [-0.15, -0.1) is 0 Å². The van der Waals surface area contributed by atoms with Gasteiger partial charge in [-0.05, 0) is 31.3 Å². The summed E-state index contributed by atoms with van der Waals surface area (Å²) in [7, 11) is 3.64. The number of ether oxygens (including phenoxy) is 3. The molecule has 0 radical (unpaired) electrons. The van der Waals surface area contributed by atoms with Gasteiger partial charge < -0.3 is 24.4 Å². The molecule has 2 aromatic carbocycles. The van der Waals surface area contributed by atoms with E-state index < -0.39 is 5.82 Å². The summed E-state index contributed by atoms with van der Waals surface area (Å²) >= 11 is 5.89. The lowest BCUT2D eigenvalue weighted by molar-refractivity contribution is -0.0406. The Kier molecular flexibility index (Phi) is 6.17. The number of fused-ring (bicyclic) bond motifs is 1. The average molecular weight is 433 g/mol. The Bertz CT molecular complexity index is 1050. The van der Waals surface area contributed by atoms with Crippen LogP contribution in [0.25, 0.3) is 10.9 Å². The predicted molar refractivity (Wildman–Crippen MR) is 114 cm³/mol. The van der Waals surface area contributed by atoms with E-state index in [0.717, 1.165) is 18.5 Å². The first-order valence-corrected chi connectivity index (χ1v) is 9.89. The molecule has 7 nitrogen and oxygen atoms in total. The second-order valence-corrected chi connectivity index (χ2v) is 7.47. The highest BCUT2D eigenvalue weighted by atomic mass is 35.5. The Morgan fingerprint density at radius 3 is 2.90 bits per heavy atom. The minimum absolute atomic E-state index is 0.0184. The molecule has 0 unspecified atom stereocenters. The van der Waals surface area contributed by atoms with E-state index in [1.165, 1.54) is 18.5 Å². The van der Waals surface area contributed by atoms with Crippen LogP contribution < -0.4 is 14.8 Å². The van der Waals surface area contributed by atoms with Gasteiger partial charge in [0.15, 0.2) is 11.5 Å². The number of nitrogens with zero attached hydrogens (tertiary/aromatic N) is 3. The summed E-state index contributed by atoms with van der Waals surface area (Å²) in [5, 5.41) is 3.92. The Balaban J connectivity index is 1.62. The summed E-state index contributed by atoms with van der Waals surface area (Å²) in [5.41, 5.74) is 1.29. The fraction of sp³-hybridized carbons (Fsp3) is 0.333. The number of hydrogen-bond donors (Lipinski definition) is 1. The molecule has 0 spiro atoms. The van der Waals surface area contributed by atoms with Gasteiger partial charge in [-0.3, -0.25) is 0 Å². The van der Waals surface area contributed by atoms with Gasteiger partial charge in [0.2, 0.25) is 0 Å². The highest BCUT2D eigenvalue weighted by Crippen LogP contribution is 2.35. The number of morpholine rings is 1. The number of halogens is 2. The number of methoxy groups -OCH3 is 1. The number of aromatic nitrogens is 2. The van der Waals surface area contributed by atoms with Crippen LogP contribution >= 0.6 is 11.6 Å². The molecule has 0 aliphatic carbocycles. The Labute approximate surface area is 178 Å². The molecule has 1 aromatic heterocycles. The van der Waals surface area contributed by atoms with Crippen molar-refractivity contribution in [1.29, 1.82) is 0 Å². The second-order valence-electron chi connectivity index (χ2n) is 7.06. The molecule has 1 aliphatic heterocycles. The van der Waals surface area contributed by atoms with Crippen LogP contribution in [0.4, 0.5) is 15.9 Å². The van der Waals surface area contributed by atoms with Crippen molar-refractivity contribution in [2.75, 3.05) is 45.8 Å². The molecule has 0 saturated carbocycles. The fourth-order valence-corrected chi connectivity index (χ4v) is 3.48. The van der Waals surface area contributed by atoms with Crippen LogP contribution in [0.5, 0.6) is 11.5 Å². The van der Waals surface area contributed by atoms with Gasteiger partial charge in [0.05, 0.1) is 24.3 Å². The second kappa shape index (κ2) is 8.99. The van der Waals surface area contributed by atoms with Crippen LogP contribution in [-0.2, 0) is 4.74 Å². The number of hydrogen-bond acceptors (Lipinski definition) is 7. The van der Waals surface area contributed by atoms with E-state index in [1.807, 2.05) is 6.07 Å². The topological polar surface area (TPSA) is 68.7 Å². The van der Waals surface area contributed by atoms with Gasteiger partial charge in [0.1, 0.15) is 30.7 Å². The summed E-state index contributed by atoms with van der Waals surface area (Å²) < 4.78 is 30.7. The first kappa shape index (κ1) is 20.6. The molecule has 158 valence electrons. The third-order valence-corrected chi connectivity index (χ3v) is 5.16. The zero-order valence-corrected chi connectivity index (χ0v) is 17.4. The number of benzene rings is 2. The molecule has 0 bridgehead atoms. The molecule has 1 aliphatic rings. The standard InChI is InChI=1S/C21H22ClFN4O3/c1-27-5-6-29-14(10-27)11-30-20-8-15-18(9-19(20)28-2)24-12-25-21(15)26-13-3-4-17(23)16(22)7-13/h3-4,7-9,12,14H,5-6,10-11H2,1-2H3,(H,24,25,26)/t14-/m1/s1. The summed E-state index contributed by atoms with van der Waals surface area (Å²) in [5.74, 6) is 1.20. The van der Waals surface area contributed by atoms with Crippen LogP contribution in [0.3, 0.4) is 0 Å². The lowest BCUT2D eigenvalue weighted by Crippen LogP contribution is -2.42. The maximum atomic E-state index is 13.5. The van der Waals surface area contributed by atoms with Crippen molar-refractivity contribution in [3.05, 3.63) is 47.5 Å². The van der Waals surface area contributed by atoms with Crippen LogP contribution in [0.2, 0.25) is 5.02 Å². The summed E-state index contributed by atoms with van der Waals surface area (Å²) in [6.07, 6.45) is 1.43. The fourth-order valence-electron chi connectivity index (χ4n) is 3.30. The first-order chi connectivity index (χ1) is 14.5. The number of likely N-dealkylation sites (N-methyl/N-ethyl adjacent to an activating group) is 1. The van der Waals surface area contributed by atoms with Crippen molar-refractivity contribution in [3.8, 4) is 11.5 Å². The molecule has 1 fully saturated rings. The first-order valence-electron chi connectivity index (χ1n) is 9.51. The van der Waals surface area contributed by atoms with E-state index in [-0.39, 0.29) is 11.1 Å². The van der Waals surface area contributed by atoms with Gasteiger partial charge in [-0.2, -0.15) is 0 Å². The van der Waals surface area contributed by atoms with Crippen molar-refractivity contribution in [3.63, 3.8) is 0 Å². The van der Waals surface area contributed by atoms with Gasteiger partial charge in [-0.1, -0.05) is 11.6 Å². The van der Waals surface area contributed by atoms with E-state index in [0.29, 0.717) is 41.7 Å². The van der Waals surface area contributed by atoms with Crippen molar-refractivity contribution in [2.45, 2.75) is 6.10 Å². The maximum absolute atomic E-state index is 13.5. The van der Waals surface area contributed by atoms with E-state index in [1.54, 1.807) is 19.2 Å². The Morgan fingerprint density at radius 1 is 1.27 bits per heavy atom. The third-order valence-electron chi connectivity index (χ3n) is 4.87. The number of rotatable bonds is 6. The molecule has 1 atom stereocenters. The predicted octanol–water partition coefficient (Wildman–Crippen LogP) is 3.88. The van der Waals surface area contributed by atoms with E-state index in [4.69, 9.17) is 25.8 Å². The normalized spacial score (nSPS) is 17.1. The molecule has 0 amide bonds. The van der Waals surface area contributed by atoms with Crippen LogP contribution in [-0.4, -0.2) is 61.4 Å². The Hall–Kier alpha value is -2.68. The van der Waals surface area contributed by atoms with Crippen LogP contribution in [0, 0.1) is 5.82 Å². The quantitative estimate of drug-likeness (QED) is 0.633. The molecule has 1 N–H and O–H groups in total. The highest BCUT2D eigenvalue weighted by molar-refractivity contribution is 6.31. The minimum Gasteiger partial charge on any atom is -0.493 e. The average Bonchev–Trinajstić information content (AvgIpc) is 2.74. The number of nitrogens with one attached hydrogen (secondary N) is 1. The van der Waals surface area contributed by atoms with Crippen molar-refractivity contribution >= 4 is 34.0 Å². The van der Waals surface area contributed by atoms with Gasteiger partial charge >= 0.3 is 0 Å². The maximum Gasteiger partial charge on any atom is 0.162 e. The van der Waals surface area contributed by atoms with E-state index in [2.05, 4.69) is 27.2 Å². The van der Waals surface area contributed by atoms with Gasteiger partial charge in [0, 0.05) is 30.2 Å². The highest BCUT2D eigenvalue weighted by Gasteiger charge is 2.20. The summed E-state index contributed by atoms with van der Waals surface area (Å²) in [6.45, 7) is 2.80. The van der Waals surface area contributed by atoms with Gasteiger partial charge in [0.25, 0.3) is 0 Å². The zero-order chi connectivity index (χ0) is 21.1. The molecule has 30 heavy (non-hydrogen) atoms. The SMILES string of the molecule is COc1cc2ncnc(Nc3ccc(F)c(Cl)c3)c2cc1OC[C@H]1CN(C)CCO1. The molecule has 9 heteroatoms. The minimum atomic E-state index is -0.481. The molecular formula is C21H22ClFN4O3. The molecule has 3 aromatic rings. The molecular weight excluding hydrogens is 411 g/mol.